The summed E-state index contributed by atoms with van der Waals surface area (Å²) >= 11 is 0. The number of carboxylic acids is 1. The summed E-state index contributed by atoms with van der Waals surface area (Å²) < 4.78 is 26.2. The number of carbonyl (C=O) groups is 3. The van der Waals surface area contributed by atoms with Gasteiger partial charge in [-0.25, -0.2) is 8.78 Å². The molecule has 20 heavy (non-hydrogen) atoms. The van der Waals surface area contributed by atoms with E-state index in [-0.39, 0.29) is 24.0 Å². The highest BCUT2D eigenvalue weighted by molar-refractivity contribution is 6.21. The Morgan fingerprint density at radius 2 is 1.65 bits per heavy atom. The Morgan fingerprint density at radius 3 is 2.05 bits per heavy atom. The van der Waals surface area contributed by atoms with Gasteiger partial charge in [0.05, 0.1) is 11.1 Å². The van der Waals surface area contributed by atoms with Crippen LogP contribution in [-0.4, -0.2) is 33.8 Å². The van der Waals surface area contributed by atoms with Crippen LogP contribution in [0.5, 0.6) is 0 Å². The summed E-state index contributed by atoms with van der Waals surface area (Å²) in [6.45, 7) is 1.51. The van der Waals surface area contributed by atoms with E-state index in [4.69, 9.17) is 5.11 Å². The predicted molar refractivity (Wildman–Crippen MR) is 63.2 cm³/mol. The van der Waals surface area contributed by atoms with Crippen LogP contribution < -0.4 is 0 Å². The van der Waals surface area contributed by atoms with E-state index in [1.165, 1.54) is 6.92 Å². The third-order valence-electron chi connectivity index (χ3n) is 3.18. The number of carboxylic acid groups (broad SMARTS) is 1. The standard InChI is InChI=1S/C13H11F2NO4/c1-6(2-3-11(17)18)16-12(19)7-4-9(14)10(15)5-8(7)13(16)20/h4-6H,2-3H2,1H3,(H,17,18). The van der Waals surface area contributed by atoms with Crippen molar-refractivity contribution in [3.8, 4) is 0 Å². The maximum atomic E-state index is 13.1. The van der Waals surface area contributed by atoms with Crippen LogP contribution in [0.1, 0.15) is 40.5 Å². The molecular weight excluding hydrogens is 272 g/mol. The Balaban J connectivity index is 2.30. The highest BCUT2D eigenvalue weighted by Crippen LogP contribution is 2.27. The number of halogens is 2. The van der Waals surface area contributed by atoms with E-state index in [1.807, 2.05) is 0 Å². The van der Waals surface area contributed by atoms with Crippen LogP contribution in [0.2, 0.25) is 0 Å². The van der Waals surface area contributed by atoms with Gasteiger partial charge in [-0.2, -0.15) is 0 Å². The molecule has 1 aliphatic rings. The lowest BCUT2D eigenvalue weighted by Crippen LogP contribution is -2.38. The van der Waals surface area contributed by atoms with E-state index >= 15 is 0 Å². The van der Waals surface area contributed by atoms with Gasteiger partial charge in [-0.1, -0.05) is 0 Å². The second-order valence-electron chi connectivity index (χ2n) is 4.57. The first-order chi connectivity index (χ1) is 9.32. The summed E-state index contributed by atoms with van der Waals surface area (Å²) in [6.07, 6.45) is -0.136. The van der Waals surface area contributed by atoms with Crippen molar-refractivity contribution >= 4 is 17.8 Å². The van der Waals surface area contributed by atoms with E-state index < -0.39 is 35.5 Å². The Kier molecular flexibility index (Phi) is 3.52. The van der Waals surface area contributed by atoms with Gasteiger partial charge in [-0.15, -0.1) is 0 Å². The molecule has 0 bridgehead atoms. The predicted octanol–water partition coefficient (Wildman–Crippen LogP) is 1.81. The SMILES string of the molecule is CC(CCC(=O)O)N1C(=O)c2cc(F)c(F)cc2C1=O. The van der Waals surface area contributed by atoms with Crippen molar-refractivity contribution in [2.24, 2.45) is 0 Å². The van der Waals surface area contributed by atoms with Crippen LogP contribution in [0.4, 0.5) is 8.78 Å². The molecule has 5 nitrogen and oxygen atoms in total. The van der Waals surface area contributed by atoms with Crippen LogP contribution in [-0.2, 0) is 4.79 Å². The lowest BCUT2D eigenvalue weighted by atomic mass is 10.1. The molecule has 2 rings (SSSR count). The number of benzene rings is 1. The lowest BCUT2D eigenvalue weighted by Gasteiger charge is -2.21. The minimum atomic E-state index is -1.20. The molecule has 1 N–H and O–H groups in total. The molecule has 7 heteroatoms. The van der Waals surface area contributed by atoms with E-state index in [9.17, 15) is 23.2 Å². The summed E-state index contributed by atoms with van der Waals surface area (Å²) in [5, 5.41) is 8.60. The number of rotatable bonds is 4. The van der Waals surface area contributed by atoms with Gasteiger partial charge < -0.3 is 5.11 Å². The van der Waals surface area contributed by atoms with Gasteiger partial charge in [-0.3, -0.25) is 19.3 Å². The first kappa shape index (κ1) is 14.1. The topological polar surface area (TPSA) is 74.7 Å². The normalized spacial score (nSPS) is 15.4. The number of carbonyl (C=O) groups excluding carboxylic acids is 2. The molecule has 0 saturated heterocycles. The maximum absolute atomic E-state index is 13.1. The second-order valence-corrected chi connectivity index (χ2v) is 4.57. The van der Waals surface area contributed by atoms with E-state index in [0.717, 1.165) is 4.90 Å². The van der Waals surface area contributed by atoms with Crippen molar-refractivity contribution in [2.75, 3.05) is 0 Å². The van der Waals surface area contributed by atoms with Crippen LogP contribution in [0.15, 0.2) is 12.1 Å². The quantitative estimate of drug-likeness (QED) is 0.855. The molecule has 0 fully saturated rings. The molecule has 0 spiro atoms. The summed E-state index contributed by atoms with van der Waals surface area (Å²) in [5.74, 6) is -4.93. The number of hydrogen-bond acceptors (Lipinski definition) is 3. The number of fused-ring (bicyclic) bond motifs is 1. The van der Waals surface area contributed by atoms with Crippen LogP contribution >= 0.6 is 0 Å². The zero-order valence-corrected chi connectivity index (χ0v) is 10.5. The maximum Gasteiger partial charge on any atom is 0.303 e. The first-order valence-corrected chi connectivity index (χ1v) is 5.91. The van der Waals surface area contributed by atoms with E-state index in [1.54, 1.807) is 0 Å². The molecule has 1 unspecified atom stereocenters. The van der Waals surface area contributed by atoms with Crippen molar-refractivity contribution in [1.29, 1.82) is 0 Å². The molecule has 2 amide bonds. The third-order valence-corrected chi connectivity index (χ3v) is 3.18. The fraction of sp³-hybridized carbons (Fsp3) is 0.308. The Labute approximate surface area is 112 Å². The van der Waals surface area contributed by atoms with Crippen molar-refractivity contribution in [2.45, 2.75) is 25.8 Å². The largest absolute Gasteiger partial charge is 0.481 e. The Bertz CT molecular complexity index is 574. The van der Waals surface area contributed by atoms with Crippen LogP contribution in [0, 0.1) is 11.6 Å². The number of aliphatic carboxylic acids is 1. The van der Waals surface area contributed by atoms with Crippen LogP contribution in [0.3, 0.4) is 0 Å². The Hall–Kier alpha value is -2.31. The van der Waals surface area contributed by atoms with Crippen molar-refractivity contribution in [3.63, 3.8) is 0 Å². The van der Waals surface area contributed by atoms with Gasteiger partial charge in [0.2, 0.25) is 0 Å². The minimum Gasteiger partial charge on any atom is -0.481 e. The summed E-state index contributed by atoms with van der Waals surface area (Å²) in [5.41, 5.74) is -0.396. The molecule has 1 aromatic carbocycles. The Morgan fingerprint density at radius 1 is 1.20 bits per heavy atom. The molecule has 0 saturated carbocycles. The highest BCUT2D eigenvalue weighted by Gasteiger charge is 2.39. The lowest BCUT2D eigenvalue weighted by molar-refractivity contribution is -0.137. The van der Waals surface area contributed by atoms with Gasteiger partial charge in [0.15, 0.2) is 11.6 Å². The monoisotopic (exact) mass is 283 g/mol. The van der Waals surface area contributed by atoms with Gasteiger partial charge in [0, 0.05) is 12.5 Å². The number of amides is 2. The van der Waals surface area contributed by atoms with Gasteiger partial charge in [0.1, 0.15) is 0 Å². The highest BCUT2D eigenvalue weighted by atomic mass is 19.2. The molecular formula is C13H11F2NO4. The van der Waals surface area contributed by atoms with Crippen molar-refractivity contribution in [1.82, 2.24) is 4.90 Å². The summed E-state index contributed by atoms with van der Waals surface area (Å²) in [4.78, 5) is 35.4. The zero-order valence-electron chi connectivity index (χ0n) is 10.5. The molecule has 106 valence electrons. The molecule has 0 radical (unpaired) electrons. The molecule has 1 heterocycles. The van der Waals surface area contributed by atoms with Gasteiger partial charge in [0.25, 0.3) is 11.8 Å². The molecule has 0 aromatic heterocycles. The molecule has 0 aliphatic carbocycles. The molecule has 1 atom stereocenters. The molecule has 1 aliphatic heterocycles. The van der Waals surface area contributed by atoms with Crippen molar-refractivity contribution in [3.05, 3.63) is 34.9 Å². The summed E-state index contributed by atoms with van der Waals surface area (Å²) in [7, 11) is 0. The zero-order chi connectivity index (χ0) is 15.0. The first-order valence-electron chi connectivity index (χ1n) is 5.91. The number of imide groups is 1. The fourth-order valence-electron chi connectivity index (χ4n) is 2.11. The van der Waals surface area contributed by atoms with Gasteiger partial charge >= 0.3 is 5.97 Å². The number of nitrogens with zero attached hydrogens (tertiary/aromatic N) is 1. The summed E-state index contributed by atoms with van der Waals surface area (Å²) in [6, 6.07) is 0.716. The van der Waals surface area contributed by atoms with Crippen LogP contribution in [0.25, 0.3) is 0 Å². The minimum absolute atomic E-state index is 0.0752. The molecule has 1 aromatic rings. The average molecular weight is 283 g/mol. The van der Waals surface area contributed by atoms with Gasteiger partial charge in [-0.05, 0) is 25.5 Å². The second kappa shape index (κ2) is 4.99. The number of hydrogen-bond donors (Lipinski definition) is 1. The van der Waals surface area contributed by atoms with Crippen molar-refractivity contribution < 1.29 is 28.3 Å². The van der Waals surface area contributed by atoms with E-state index in [2.05, 4.69) is 0 Å². The van der Waals surface area contributed by atoms with E-state index in [0.29, 0.717) is 12.1 Å². The third kappa shape index (κ3) is 2.26. The average Bonchev–Trinajstić information content (AvgIpc) is 2.60. The smallest absolute Gasteiger partial charge is 0.303 e. The fourth-order valence-corrected chi connectivity index (χ4v) is 2.11.